The Kier molecular flexibility index (Phi) is 10.2. The number of alkyl halides is 3. The fourth-order valence-corrected chi connectivity index (χ4v) is 7.17. The zero-order valence-electron chi connectivity index (χ0n) is 25.1. The first-order chi connectivity index (χ1) is 20.5. The maximum absolute atomic E-state index is 14.2. The molecule has 0 saturated carbocycles. The van der Waals surface area contributed by atoms with Gasteiger partial charge >= 0.3 is 12.1 Å². The largest absolute Gasteiger partial charge is 0.481 e. The zero-order valence-corrected chi connectivity index (χ0v) is 25.9. The lowest BCUT2D eigenvalue weighted by Gasteiger charge is -2.31. The molecule has 4 rings (SSSR count). The van der Waals surface area contributed by atoms with Crippen LogP contribution in [0.1, 0.15) is 48.9 Å². The van der Waals surface area contributed by atoms with E-state index in [9.17, 15) is 31.5 Å². The molecule has 0 saturated heterocycles. The fourth-order valence-electron chi connectivity index (χ4n) is 5.94. The van der Waals surface area contributed by atoms with Crippen LogP contribution in [0.4, 0.5) is 13.2 Å². The van der Waals surface area contributed by atoms with Crippen LogP contribution in [0.2, 0.25) is 0 Å². The van der Waals surface area contributed by atoms with E-state index >= 15 is 0 Å². The van der Waals surface area contributed by atoms with Crippen molar-refractivity contribution in [1.82, 2.24) is 9.62 Å². The van der Waals surface area contributed by atoms with Crippen LogP contribution in [0, 0.1) is 5.92 Å². The van der Waals surface area contributed by atoms with Gasteiger partial charge in [-0.2, -0.15) is 17.5 Å². The van der Waals surface area contributed by atoms with Gasteiger partial charge in [0, 0.05) is 32.1 Å². The highest BCUT2D eigenvalue weighted by atomic mass is 32.2. The number of likely N-dealkylation sites (N-methyl/N-ethyl adjacent to an activating group) is 1. The Hall–Kier alpha value is -3.25. The minimum absolute atomic E-state index is 0.109. The van der Waals surface area contributed by atoms with Gasteiger partial charge in [-0.05, 0) is 85.4 Å². The Balaban J connectivity index is 1.42. The molecule has 238 valence electrons. The topological polar surface area (TPSA) is 107 Å². The molecule has 1 aliphatic carbocycles. The SMILES string of the molecule is CN(CC(O)CNC(C)(C)CC1Cc2ccccc2C1)S(=O)(=O)c1ccc(-c2cccc(CCC(=O)O)c2)c(C(F)(F)F)c1. The van der Waals surface area contributed by atoms with Gasteiger partial charge in [0.15, 0.2) is 0 Å². The van der Waals surface area contributed by atoms with Crippen molar-refractivity contribution in [3.63, 3.8) is 0 Å². The number of carboxylic acid groups (broad SMARTS) is 1. The van der Waals surface area contributed by atoms with Gasteiger partial charge in [0.25, 0.3) is 0 Å². The molecule has 0 aliphatic heterocycles. The van der Waals surface area contributed by atoms with E-state index in [-0.39, 0.29) is 42.6 Å². The van der Waals surface area contributed by atoms with Crippen molar-refractivity contribution in [3.05, 3.63) is 89.0 Å². The summed E-state index contributed by atoms with van der Waals surface area (Å²) in [6.07, 6.45) is -3.15. The Morgan fingerprint density at radius 2 is 1.68 bits per heavy atom. The Morgan fingerprint density at radius 3 is 2.30 bits per heavy atom. The summed E-state index contributed by atoms with van der Waals surface area (Å²) >= 11 is 0. The smallest absolute Gasteiger partial charge is 0.417 e. The average Bonchev–Trinajstić information content (AvgIpc) is 3.36. The molecule has 0 spiro atoms. The number of carboxylic acids is 1. The molecular weight excluding hydrogens is 593 g/mol. The number of hydrogen-bond donors (Lipinski definition) is 3. The highest BCUT2D eigenvalue weighted by molar-refractivity contribution is 7.89. The van der Waals surface area contributed by atoms with Crippen LogP contribution in [0.25, 0.3) is 11.1 Å². The van der Waals surface area contributed by atoms with Gasteiger partial charge in [-0.15, -0.1) is 0 Å². The summed E-state index contributed by atoms with van der Waals surface area (Å²) in [6, 6.07) is 17.3. The molecule has 1 atom stereocenters. The van der Waals surface area contributed by atoms with Gasteiger partial charge < -0.3 is 15.5 Å². The predicted molar refractivity (Wildman–Crippen MR) is 163 cm³/mol. The first-order valence-corrected chi connectivity index (χ1v) is 16.0. The molecule has 0 bridgehead atoms. The number of β-amino-alcohol motifs (C(OH)–C–C–N with tert-alkyl or cyclic N) is 1. The molecule has 7 nitrogen and oxygen atoms in total. The summed E-state index contributed by atoms with van der Waals surface area (Å²) in [4.78, 5) is 10.4. The average molecular weight is 633 g/mol. The van der Waals surface area contributed by atoms with E-state index in [4.69, 9.17) is 5.11 Å². The molecule has 1 unspecified atom stereocenters. The van der Waals surface area contributed by atoms with Gasteiger partial charge in [0.1, 0.15) is 0 Å². The number of halogens is 3. The molecule has 11 heteroatoms. The molecule has 0 aromatic heterocycles. The second kappa shape index (κ2) is 13.4. The lowest BCUT2D eigenvalue weighted by atomic mass is 9.88. The first-order valence-electron chi connectivity index (χ1n) is 14.5. The third kappa shape index (κ3) is 8.47. The summed E-state index contributed by atoms with van der Waals surface area (Å²) in [6.45, 7) is 3.86. The lowest BCUT2D eigenvalue weighted by molar-refractivity contribution is -0.138. The van der Waals surface area contributed by atoms with E-state index in [0.717, 1.165) is 35.7 Å². The quantitative estimate of drug-likeness (QED) is 0.228. The minimum atomic E-state index is -4.85. The number of fused-ring (bicyclic) bond motifs is 1. The molecule has 3 aromatic carbocycles. The number of sulfonamides is 1. The van der Waals surface area contributed by atoms with E-state index < -0.39 is 38.7 Å². The lowest BCUT2D eigenvalue weighted by Crippen LogP contribution is -2.47. The number of aliphatic carboxylic acids is 1. The van der Waals surface area contributed by atoms with Crippen LogP contribution in [-0.4, -0.2) is 60.7 Å². The standard InChI is InChI=1S/C33H39F3N2O5S/c1-32(2,19-23-16-24-8-4-5-9-25(24)17-23)37-20-27(39)21-38(3)44(42,43)28-12-13-29(30(18-28)33(34,35)36)26-10-6-7-22(15-26)11-14-31(40)41/h4-10,12-13,15,18,23,27,37,39H,11,14,16-17,19-21H2,1-3H3,(H,40,41). The van der Waals surface area contributed by atoms with Crippen LogP contribution < -0.4 is 5.32 Å². The normalized spacial score (nSPS) is 15.0. The van der Waals surface area contributed by atoms with Crippen molar-refractivity contribution in [2.24, 2.45) is 5.92 Å². The van der Waals surface area contributed by atoms with Gasteiger partial charge in [-0.25, -0.2) is 8.42 Å². The maximum Gasteiger partial charge on any atom is 0.417 e. The Morgan fingerprint density at radius 1 is 1.02 bits per heavy atom. The van der Waals surface area contributed by atoms with Crippen molar-refractivity contribution < 1.29 is 36.6 Å². The van der Waals surface area contributed by atoms with Crippen LogP contribution in [0.5, 0.6) is 0 Å². The molecule has 1 aliphatic rings. The summed E-state index contributed by atoms with van der Waals surface area (Å²) in [5.41, 5.74) is 1.79. The summed E-state index contributed by atoms with van der Waals surface area (Å²) in [5, 5.41) is 23.0. The van der Waals surface area contributed by atoms with E-state index in [1.54, 1.807) is 6.07 Å². The number of aliphatic hydroxyl groups is 1. The molecule has 0 amide bonds. The third-order valence-corrected chi connectivity index (χ3v) is 9.91. The highest BCUT2D eigenvalue weighted by Gasteiger charge is 2.36. The van der Waals surface area contributed by atoms with Gasteiger partial charge in [-0.1, -0.05) is 54.6 Å². The van der Waals surface area contributed by atoms with E-state index in [1.165, 1.54) is 36.4 Å². The zero-order chi connectivity index (χ0) is 32.3. The van der Waals surface area contributed by atoms with E-state index in [0.29, 0.717) is 17.5 Å². The monoisotopic (exact) mass is 632 g/mol. The van der Waals surface area contributed by atoms with Gasteiger partial charge in [0.05, 0.1) is 16.6 Å². The summed E-state index contributed by atoms with van der Waals surface area (Å²) < 4.78 is 70.0. The molecular formula is C33H39F3N2O5S. The number of nitrogens with one attached hydrogen (secondary N) is 1. The van der Waals surface area contributed by atoms with Crippen molar-refractivity contribution in [2.75, 3.05) is 20.1 Å². The highest BCUT2D eigenvalue weighted by Crippen LogP contribution is 2.39. The molecule has 0 heterocycles. The number of benzene rings is 3. The molecule has 3 N–H and O–H groups in total. The van der Waals surface area contributed by atoms with E-state index in [2.05, 4.69) is 17.4 Å². The van der Waals surface area contributed by atoms with Crippen LogP contribution >= 0.6 is 0 Å². The van der Waals surface area contributed by atoms with Gasteiger partial charge in [-0.3, -0.25) is 4.79 Å². The number of rotatable bonds is 13. The number of aryl methyl sites for hydroxylation is 1. The predicted octanol–water partition coefficient (Wildman–Crippen LogP) is 5.54. The Labute approximate surface area is 256 Å². The minimum Gasteiger partial charge on any atom is -0.481 e. The van der Waals surface area contributed by atoms with Crippen LogP contribution in [0.3, 0.4) is 0 Å². The molecule has 0 fully saturated rings. The van der Waals surface area contributed by atoms with Crippen LogP contribution in [-0.2, 0) is 40.3 Å². The fraction of sp³-hybridized carbons (Fsp3) is 0.424. The molecule has 0 radical (unpaired) electrons. The number of carbonyl (C=O) groups is 1. The second-order valence-electron chi connectivity index (χ2n) is 12.3. The second-order valence-corrected chi connectivity index (χ2v) is 14.3. The van der Waals surface area contributed by atoms with Crippen molar-refractivity contribution in [3.8, 4) is 11.1 Å². The van der Waals surface area contributed by atoms with E-state index in [1.807, 2.05) is 26.0 Å². The third-order valence-electron chi connectivity index (χ3n) is 8.09. The van der Waals surface area contributed by atoms with Crippen molar-refractivity contribution in [2.45, 2.75) is 68.7 Å². The van der Waals surface area contributed by atoms with Crippen LogP contribution in [0.15, 0.2) is 71.6 Å². The molecule has 3 aromatic rings. The van der Waals surface area contributed by atoms with Crippen molar-refractivity contribution in [1.29, 1.82) is 0 Å². The summed E-state index contributed by atoms with van der Waals surface area (Å²) in [7, 11) is -3.14. The first kappa shape index (κ1) is 33.6. The van der Waals surface area contributed by atoms with Gasteiger partial charge in [0.2, 0.25) is 10.0 Å². The number of aliphatic hydroxyl groups excluding tert-OH is 1. The van der Waals surface area contributed by atoms with Crippen molar-refractivity contribution >= 4 is 16.0 Å². The maximum atomic E-state index is 14.2. The molecule has 44 heavy (non-hydrogen) atoms. The number of hydrogen-bond acceptors (Lipinski definition) is 5. The summed E-state index contributed by atoms with van der Waals surface area (Å²) in [5.74, 6) is -0.571. The number of nitrogens with zero attached hydrogens (tertiary/aromatic N) is 1. The Bertz CT molecular complexity index is 1570.